The van der Waals surface area contributed by atoms with E-state index in [-0.39, 0.29) is 25.0 Å². The molecule has 1 N–H and O–H groups in total. The highest BCUT2D eigenvalue weighted by molar-refractivity contribution is 6.07. The van der Waals surface area contributed by atoms with Crippen molar-refractivity contribution in [3.63, 3.8) is 0 Å². The zero-order valence-corrected chi connectivity index (χ0v) is 13.9. The summed E-state index contributed by atoms with van der Waals surface area (Å²) in [6.07, 6.45) is 2.07. The molecule has 7 nitrogen and oxygen atoms in total. The molecule has 1 aromatic heterocycles. The number of para-hydroxylation sites is 1. The molecule has 2 atom stereocenters. The Labute approximate surface area is 144 Å². The number of hydrogen-bond donors (Lipinski definition) is 1. The molecule has 2 aliphatic heterocycles. The minimum absolute atomic E-state index is 0.0876. The molecule has 2 aliphatic rings. The number of carboxylic acids is 1. The first kappa shape index (κ1) is 16.0. The van der Waals surface area contributed by atoms with E-state index in [1.165, 1.54) is 6.26 Å². The Morgan fingerprint density at radius 1 is 1.40 bits per heavy atom. The van der Waals surface area contributed by atoms with Crippen LogP contribution in [0, 0.1) is 11.3 Å². The summed E-state index contributed by atoms with van der Waals surface area (Å²) in [6.45, 7) is 1.26. The fourth-order valence-corrected chi connectivity index (χ4v) is 3.97. The van der Waals surface area contributed by atoms with Crippen LogP contribution in [0.25, 0.3) is 11.0 Å². The summed E-state index contributed by atoms with van der Waals surface area (Å²) < 4.78 is 16.2. The highest BCUT2D eigenvalue weighted by Crippen LogP contribution is 2.42. The van der Waals surface area contributed by atoms with Crippen LogP contribution in [0.5, 0.6) is 5.75 Å². The Hall–Kier alpha value is -2.54. The van der Waals surface area contributed by atoms with E-state index in [1.54, 1.807) is 30.2 Å². The first-order valence-corrected chi connectivity index (χ1v) is 8.21. The van der Waals surface area contributed by atoms with Gasteiger partial charge < -0.3 is 23.9 Å². The van der Waals surface area contributed by atoms with E-state index in [4.69, 9.17) is 13.9 Å². The molecule has 7 heteroatoms. The van der Waals surface area contributed by atoms with E-state index < -0.39 is 11.4 Å². The summed E-state index contributed by atoms with van der Waals surface area (Å²) in [5.41, 5.74) is -0.0687. The molecule has 0 radical (unpaired) electrons. The zero-order valence-electron chi connectivity index (χ0n) is 13.9. The molecular weight excluding hydrogens is 326 g/mol. The van der Waals surface area contributed by atoms with Crippen LogP contribution in [0.3, 0.4) is 0 Å². The quantitative estimate of drug-likeness (QED) is 0.915. The number of likely N-dealkylation sites (tertiary alicyclic amines) is 1. The third-order valence-electron chi connectivity index (χ3n) is 5.39. The smallest absolute Gasteiger partial charge is 0.314 e. The molecule has 132 valence electrons. The molecule has 4 rings (SSSR count). The van der Waals surface area contributed by atoms with Crippen LogP contribution in [-0.4, -0.2) is 55.3 Å². The van der Waals surface area contributed by atoms with E-state index in [0.717, 1.165) is 0 Å². The number of methoxy groups -OCH3 is 1. The van der Waals surface area contributed by atoms with Crippen LogP contribution >= 0.6 is 0 Å². The zero-order chi connectivity index (χ0) is 17.6. The number of aliphatic carboxylic acids is 1. The largest absolute Gasteiger partial charge is 0.493 e. The summed E-state index contributed by atoms with van der Waals surface area (Å²) in [6, 6.07) is 5.36. The first-order chi connectivity index (χ1) is 12.1. The first-order valence-electron chi connectivity index (χ1n) is 8.21. The normalized spacial score (nSPS) is 25.8. The fourth-order valence-electron chi connectivity index (χ4n) is 3.97. The molecular formula is C18H19NO6. The Bertz CT molecular complexity index is 843. The van der Waals surface area contributed by atoms with Crippen molar-refractivity contribution in [1.82, 2.24) is 4.90 Å². The van der Waals surface area contributed by atoms with E-state index in [2.05, 4.69) is 0 Å². The Morgan fingerprint density at radius 3 is 2.96 bits per heavy atom. The molecule has 2 fully saturated rings. The molecule has 1 amide bonds. The minimum Gasteiger partial charge on any atom is -0.493 e. The van der Waals surface area contributed by atoms with Crippen LogP contribution in [0.15, 0.2) is 28.9 Å². The average Bonchev–Trinajstić information content (AvgIpc) is 3.23. The van der Waals surface area contributed by atoms with Crippen LogP contribution < -0.4 is 4.74 Å². The molecule has 0 bridgehead atoms. The molecule has 0 saturated carbocycles. The van der Waals surface area contributed by atoms with Crippen molar-refractivity contribution >= 4 is 22.8 Å². The maximum atomic E-state index is 13.0. The molecule has 25 heavy (non-hydrogen) atoms. The van der Waals surface area contributed by atoms with Crippen molar-refractivity contribution in [2.75, 3.05) is 33.4 Å². The summed E-state index contributed by atoms with van der Waals surface area (Å²) in [5.74, 6) is -0.648. The maximum Gasteiger partial charge on any atom is 0.314 e. The minimum atomic E-state index is -1.01. The lowest BCUT2D eigenvalue weighted by Gasteiger charge is -2.33. The van der Waals surface area contributed by atoms with Crippen molar-refractivity contribution in [2.24, 2.45) is 11.3 Å². The SMILES string of the molecule is COc1cccc2c(C(=O)N3C[C@@H]4CCOC[C@]4(C(=O)O)C3)coc12. The molecule has 2 aromatic rings. The van der Waals surface area contributed by atoms with Crippen LogP contribution in [0.4, 0.5) is 0 Å². The number of rotatable bonds is 3. The highest BCUT2D eigenvalue weighted by atomic mass is 16.5. The van der Waals surface area contributed by atoms with Gasteiger partial charge in [0.05, 0.1) is 19.3 Å². The Kier molecular flexibility index (Phi) is 3.68. The predicted octanol–water partition coefficient (Wildman–Crippen LogP) is 2.00. The van der Waals surface area contributed by atoms with E-state index in [9.17, 15) is 14.7 Å². The topological polar surface area (TPSA) is 89.2 Å². The number of hydrogen-bond acceptors (Lipinski definition) is 5. The second kappa shape index (κ2) is 5.77. The van der Waals surface area contributed by atoms with Gasteiger partial charge in [0.25, 0.3) is 5.91 Å². The number of nitrogens with zero attached hydrogens (tertiary/aromatic N) is 1. The van der Waals surface area contributed by atoms with Crippen LogP contribution in [-0.2, 0) is 9.53 Å². The van der Waals surface area contributed by atoms with Crippen molar-refractivity contribution in [3.05, 3.63) is 30.0 Å². The van der Waals surface area contributed by atoms with Crippen molar-refractivity contribution in [1.29, 1.82) is 0 Å². The number of ether oxygens (including phenoxy) is 2. The third-order valence-corrected chi connectivity index (χ3v) is 5.39. The molecule has 0 spiro atoms. The average molecular weight is 345 g/mol. The van der Waals surface area contributed by atoms with Gasteiger partial charge in [-0.3, -0.25) is 9.59 Å². The summed E-state index contributed by atoms with van der Waals surface area (Å²) in [7, 11) is 1.54. The fraction of sp³-hybridized carbons (Fsp3) is 0.444. The Morgan fingerprint density at radius 2 is 2.24 bits per heavy atom. The summed E-state index contributed by atoms with van der Waals surface area (Å²) in [5, 5.41) is 10.4. The Balaban J connectivity index is 1.67. The van der Waals surface area contributed by atoms with Crippen molar-refractivity contribution in [3.8, 4) is 5.75 Å². The van der Waals surface area contributed by atoms with E-state index in [0.29, 0.717) is 41.9 Å². The summed E-state index contributed by atoms with van der Waals surface area (Å²) >= 11 is 0. The van der Waals surface area contributed by atoms with Crippen molar-refractivity contribution < 1.29 is 28.6 Å². The van der Waals surface area contributed by atoms with Crippen LogP contribution in [0.1, 0.15) is 16.8 Å². The molecule has 0 aliphatic carbocycles. The standard InChI is InChI=1S/C18H19NO6/c1-23-14-4-2-3-12-13(8-25-15(12)14)16(20)19-7-11-5-6-24-10-18(11,9-19)17(21)22/h2-4,8,11H,5-7,9-10H2,1H3,(H,21,22)/t11-,18+/m0/s1. The molecule has 3 heterocycles. The second-order valence-corrected chi connectivity index (χ2v) is 6.67. The molecule has 2 saturated heterocycles. The lowest BCUT2D eigenvalue weighted by molar-refractivity contribution is -0.159. The monoisotopic (exact) mass is 345 g/mol. The number of carboxylic acid groups (broad SMARTS) is 1. The van der Waals surface area contributed by atoms with Crippen LogP contribution in [0.2, 0.25) is 0 Å². The van der Waals surface area contributed by atoms with Gasteiger partial charge in [0, 0.05) is 25.1 Å². The van der Waals surface area contributed by atoms with Gasteiger partial charge in [0.15, 0.2) is 11.3 Å². The van der Waals surface area contributed by atoms with Gasteiger partial charge in [0.1, 0.15) is 11.7 Å². The molecule has 1 aromatic carbocycles. The number of fused-ring (bicyclic) bond motifs is 2. The third kappa shape index (κ3) is 2.30. The van der Waals surface area contributed by atoms with Gasteiger partial charge in [-0.05, 0) is 18.4 Å². The second-order valence-electron chi connectivity index (χ2n) is 6.67. The number of carbonyl (C=O) groups excluding carboxylic acids is 1. The lowest BCUT2D eigenvalue weighted by atomic mass is 9.76. The number of carbonyl (C=O) groups is 2. The number of amides is 1. The van der Waals surface area contributed by atoms with Gasteiger partial charge in [-0.25, -0.2) is 0 Å². The van der Waals surface area contributed by atoms with Gasteiger partial charge in [-0.2, -0.15) is 0 Å². The molecule has 0 unspecified atom stereocenters. The number of benzene rings is 1. The van der Waals surface area contributed by atoms with E-state index in [1.807, 2.05) is 0 Å². The maximum absolute atomic E-state index is 13.0. The summed E-state index contributed by atoms with van der Waals surface area (Å²) in [4.78, 5) is 26.5. The van der Waals surface area contributed by atoms with Gasteiger partial charge in [0.2, 0.25) is 0 Å². The van der Waals surface area contributed by atoms with Gasteiger partial charge in [-0.15, -0.1) is 0 Å². The lowest BCUT2D eigenvalue weighted by Crippen LogP contribution is -2.46. The number of furan rings is 1. The predicted molar refractivity (Wildman–Crippen MR) is 87.7 cm³/mol. The van der Waals surface area contributed by atoms with Gasteiger partial charge in [-0.1, -0.05) is 12.1 Å². The highest BCUT2D eigenvalue weighted by Gasteiger charge is 2.55. The van der Waals surface area contributed by atoms with Gasteiger partial charge >= 0.3 is 5.97 Å². The van der Waals surface area contributed by atoms with E-state index >= 15 is 0 Å². The van der Waals surface area contributed by atoms with Crippen molar-refractivity contribution in [2.45, 2.75) is 6.42 Å².